The second-order valence-electron chi connectivity index (χ2n) is 3.94. The van der Waals surface area contributed by atoms with Crippen LogP contribution in [0.4, 0.5) is 13.2 Å². The molecule has 0 spiro atoms. The van der Waals surface area contributed by atoms with Crippen molar-refractivity contribution >= 4 is 11.3 Å². The highest BCUT2D eigenvalue weighted by Crippen LogP contribution is 2.35. The molecule has 1 atom stereocenters. The van der Waals surface area contributed by atoms with E-state index in [-0.39, 0.29) is 0 Å². The Labute approximate surface area is 117 Å². The number of ether oxygens (including phenoxy) is 1. The molecule has 1 aromatic carbocycles. The average molecular weight is 303 g/mol. The Morgan fingerprint density at radius 1 is 1.30 bits per heavy atom. The van der Waals surface area contributed by atoms with Gasteiger partial charge in [-0.15, -0.1) is 11.3 Å². The van der Waals surface area contributed by atoms with Gasteiger partial charge in [0.05, 0.1) is 13.2 Å². The molecule has 0 aliphatic carbocycles. The van der Waals surface area contributed by atoms with Crippen molar-refractivity contribution < 1.29 is 17.9 Å². The number of benzene rings is 1. The van der Waals surface area contributed by atoms with Gasteiger partial charge in [-0.1, -0.05) is 12.1 Å². The fourth-order valence-electron chi connectivity index (χ4n) is 1.69. The standard InChI is InChI=1S/C12H12F3N3OS/c1-19-8-4-2-7(3-5-8)10(18-16)9-6-17-11(20-9)12(13,14)15/h2-6,10,18H,16H2,1H3. The van der Waals surface area contributed by atoms with E-state index < -0.39 is 17.2 Å². The minimum Gasteiger partial charge on any atom is -0.497 e. The molecule has 0 aliphatic rings. The quantitative estimate of drug-likeness (QED) is 0.673. The summed E-state index contributed by atoms with van der Waals surface area (Å²) in [6.45, 7) is 0. The number of nitrogens with two attached hydrogens (primary N) is 1. The third-order valence-electron chi connectivity index (χ3n) is 2.67. The van der Waals surface area contributed by atoms with Crippen LogP contribution in [0.3, 0.4) is 0 Å². The maximum absolute atomic E-state index is 12.5. The Kier molecular flexibility index (Phi) is 4.26. The topological polar surface area (TPSA) is 60.2 Å². The Balaban J connectivity index is 2.29. The first-order chi connectivity index (χ1) is 9.45. The average Bonchev–Trinajstić information content (AvgIpc) is 2.90. The van der Waals surface area contributed by atoms with Gasteiger partial charge >= 0.3 is 6.18 Å². The second kappa shape index (κ2) is 5.78. The van der Waals surface area contributed by atoms with E-state index in [9.17, 15) is 13.2 Å². The maximum Gasteiger partial charge on any atom is 0.443 e. The van der Waals surface area contributed by atoms with Gasteiger partial charge in [0.15, 0.2) is 5.01 Å². The predicted octanol–water partition coefficient (Wildman–Crippen LogP) is 2.72. The first-order valence-corrected chi connectivity index (χ1v) is 6.40. The summed E-state index contributed by atoms with van der Waals surface area (Å²) in [4.78, 5) is 3.78. The van der Waals surface area contributed by atoms with E-state index in [4.69, 9.17) is 10.6 Å². The predicted molar refractivity (Wildman–Crippen MR) is 69.3 cm³/mol. The number of hydrazine groups is 1. The van der Waals surface area contributed by atoms with E-state index in [0.29, 0.717) is 22.0 Å². The van der Waals surface area contributed by atoms with Crippen LogP contribution in [0.5, 0.6) is 5.75 Å². The van der Waals surface area contributed by atoms with Gasteiger partial charge in [0.2, 0.25) is 0 Å². The molecule has 0 radical (unpaired) electrons. The molecule has 0 aliphatic heterocycles. The molecular formula is C12H12F3N3OS. The van der Waals surface area contributed by atoms with Gasteiger partial charge in [0, 0.05) is 11.1 Å². The van der Waals surface area contributed by atoms with Crippen molar-refractivity contribution in [2.45, 2.75) is 12.2 Å². The van der Waals surface area contributed by atoms with Crippen LogP contribution in [0, 0.1) is 0 Å². The molecule has 8 heteroatoms. The van der Waals surface area contributed by atoms with Crippen LogP contribution in [0.25, 0.3) is 0 Å². The highest BCUT2D eigenvalue weighted by molar-refractivity contribution is 7.11. The molecule has 2 rings (SSSR count). The van der Waals surface area contributed by atoms with Crippen molar-refractivity contribution in [3.05, 3.63) is 45.9 Å². The third kappa shape index (κ3) is 3.09. The van der Waals surface area contributed by atoms with Crippen LogP contribution >= 0.6 is 11.3 Å². The van der Waals surface area contributed by atoms with Gasteiger partial charge in [0.1, 0.15) is 5.75 Å². The van der Waals surface area contributed by atoms with Gasteiger partial charge in [0.25, 0.3) is 0 Å². The molecule has 0 bridgehead atoms. The van der Waals surface area contributed by atoms with Gasteiger partial charge in [-0.2, -0.15) is 13.2 Å². The zero-order valence-electron chi connectivity index (χ0n) is 10.4. The SMILES string of the molecule is COc1ccc(C(NN)c2cnc(C(F)(F)F)s2)cc1. The van der Waals surface area contributed by atoms with Crippen LogP contribution in [-0.4, -0.2) is 12.1 Å². The Hall–Kier alpha value is -1.64. The number of nitrogens with zero attached hydrogens (tertiary/aromatic N) is 1. The van der Waals surface area contributed by atoms with Crippen molar-refractivity contribution in [1.29, 1.82) is 0 Å². The van der Waals surface area contributed by atoms with Crippen molar-refractivity contribution in [3.8, 4) is 5.75 Å². The highest BCUT2D eigenvalue weighted by Gasteiger charge is 2.35. The monoisotopic (exact) mass is 303 g/mol. The number of alkyl halides is 3. The number of halogens is 3. The normalized spacial score (nSPS) is 13.2. The van der Waals surface area contributed by atoms with Crippen LogP contribution < -0.4 is 16.0 Å². The molecule has 3 N–H and O–H groups in total. The second-order valence-corrected chi connectivity index (χ2v) is 5.00. The molecule has 4 nitrogen and oxygen atoms in total. The van der Waals surface area contributed by atoms with Crippen molar-refractivity contribution in [3.63, 3.8) is 0 Å². The molecule has 20 heavy (non-hydrogen) atoms. The number of nitrogens with one attached hydrogen (secondary N) is 1. The smallest absolute Gasteiger partial charge is 0.443 e. The summed E-state index contributed by atoms with van der Waals surface area (Å²) in [6.07, 6.45) is -3.26. The van der Waals surface area contributed by atoms with Crippen molar-refractivity contribution in [2.24, 2.45) is 5.84 Å². The summed E-state index contributed by atoms with van der Waals surface area (Å²) in [5.74, 6) is 6.10. The lowest BCUT2D eigenvalue weighted by atomic mass is 10.1. The lowest BCUT2D eigenvalue weighted by Crippen LogP contribution is -2.28. The number of methoxy groups -OCH3 is 1. The number of thiazole rings is 1. The molecule has 0 saturated carbocycles. The van der Waals surface area contributed by atoms with Gasteiger partial charge in [-0.3, -0.25) is 5.84 Å². The first kappa shape index (κ1) is 14.8. The molecule has 2 aromatic rings. The molecule has 1 aromatic heterocycles. The van der Waals surface area contributed by atoms with Crippen LogP contribution in [0.2, 0.25) is 0 Å². The fourth-order valence-corrected chi connectivity index (χ4v) is 2.56. The van der Waals surface area contributed by atoms with E-state index in [1.54, 1.807) is 24.3 Å². The molecule has 0 saturated heterocycles. The molecule has 0 fully saturated rings. The Bertz CT molecular complexity index is 568. The Morgan fingerprint density at radius 2 is 1.95 bits per heavy atom. The maximum atomic E-state index is 12.5. The molecule has 1 unspecified atom stereocenters. The number of hydrogen-bond donors (Lipinski definition) is 2. The Morgan fingerprint density at radius 3 is 2.40 bits per heavy atom. The number of hydrogen-bond acceptors (Lipinski definition) is 5. The fraction of sp³-hybridized carbons (Fsp3) is 0.250. The van der Waals surface area contributed by atoms with Gasteiger partial charge in [-0.05, 0) is 17.7 Å². The summed E-state index contributed by atoms with van der Waals surface area (Å²) in [6, 6.07) is 6.35. The number of rotatable bonds is 4. The van der Waals surface area contributed by atoms with E-state index in [1.807, 2.05) is 0 Å². The molecule has 0 amide bonds. The zero-order chi connectivity index (χ0) is 14.8. The molecule has 108 valence electrons. The summed E-state index contributed by atoms with van der Waals surface area (Å²) in [5, 5.41) is -0.888. The molecule has 1 heterocycles. The largest absolute Gasteiger partial charge is 0.497 e. The molecular weight excluding hydrogens is 291 g/mol. The van der Waals surface area contributed by atoms with E-state index in [0.717, 1.165) is 5.56 Å². The van der Waals surface area contributed by atoms with Crippen LogP contribution in [-0.2, 0) is 6.18 Å². The van der Waals surface area contributed by atoms with Crippen molar-refractivity contribution in [2.75, 3.05) is 7.11 Å². The lowest BCUT2D eigenvalue weighted by molar-refractivity contribution is -0.137. The summed E-state index contributed by atoms with van der Waals surface area (Å²) in [5.41, 5.74) is 3.23. The van der Waals surface area contributed by atoms with Gasteiger partial charge in [-0.25, -0.2) is 10.4 Å². The third-order valence-corrected chi connectivity index (χ3v) is 3.77. The zero-order valence-corrected chi connectivity index (χ0v) is 11.3. The summed E-state index contributed by atoms with van der Waals surface area (Å²) >= 11 is 0.567. The lowest BCUT2D eigenvalue weighted by Gasteiger charge is -2.14. The highest BCUT2D eigenvalue weighted by atomic mass is 32.1. The van der Waals surface area contributed by atoms with Crippen LogP contribution in [0.15, 0.2) is 30.5 Å². The van der Waals surface area contributed by atoms with Crippen molar-refractivity contribution in [1.82, 2.24) is 10.4 Å². The van der Waals surface area contributed by atoms with Gasteiger partial charge < -0.3 is 4.74 Å². The van der Waals surface area contributed by atoms with E-state index in [2.05, 4.69) is 10.4 Å². The minimum atomic E-state index is -4.44. The number of aromatic nitrogens is 1. The van der Waals surface area contributed by atoms with E-state index >= 15 is 0 Å². The van der Waals surface area contributed by atoms with E-state index in [1.165, 1.54) is 13.3 Å². The summed E-state index contributed by atoms with van der Waals surface area (Å²) in [7, 11) is 1.53. The summed E-state index contributed by atoms with van der Waals surface area (Å²) < 4.78 is 42.7. The van der Waals surface area contributed by atoms with Crippen LogP contribution in [0.1, 0.15) is 21.5 Å². The first-order valence-electron chi connectivity index (χ1n) is 5.58. The minimum absolute atomic E-state index is 0.394.